The molecule has 7 heteroatoms. The van der Waals surface area contributed by atoms with Crippen LogP contribution in [0.2, 0.25) is 0 Å². The summed E-state index contributed by atoms with van der Waals surface area (Å²) in [6.45, 7) is 3.25. The van der Waals surface area contributed by atoms with Crippen molar-refractivity contribution < 1.29 is 0 Å². The molecule has 0 atom stereocenters. The van der Waals surface area contributed by atoms with Crippen LogP contribution in [-0.2, 0) is 0 Å². The van der Waals surface area contributed by atoms with Gasteiger partial charge in [0.05, 0.1) is 0 Å². The summed E-state index contributed by atoms with van der Waals surface area (Å²) >= 11 is 0. The summed E-state index contributed by atoms with van der Waals surface area (Å²) in [5.41, 5.74) is 3.26. The summed E-state index contributed by atoms with van der Waals surface area (Å²) in [6.07, 6.45) is 5.17. The summed E-state index contributed by atoms with van der Waals surface area (Å²) in [7, 11) is 5.52. The SMILES string of the molecule is CCCCCCNN1[B]N[B]N[B]1. The predicted molar refractivity (Wildman–Crippen MR) is 57.5 cm³/mol. The molecule has 0 bridgehead atoms. The van der Waals surface area contributed by atoms with Gasteiger partial charge in [-0.05, 0) is 6.42 Å². The first-order chi connectivity index (χ1) is 6.43. The lowest BCUT2D eigenvalue weighted by molar-refractivity contribution is 0.458. The van der Waals surface area contributed by atoms with Gasteiger partial charge < -0.3 is 15.1 Å². The van der Waals surface area contributed by atoms with Crippen LogP contribution in [0.1, 0.15) is 32.6 Å². The van der Waals surface area contributed by atoms with E-state index in [1.807, 2.05) is 19.9 Å². The molecule has 3 N–H and O–H groups in total. The minimum atomic E-state index is 1.02. The molecule has 0 aliphatic carbocycles. The van der Waals surface area contributed by atoms with Crippen molar-refractivity contribution in [1.29, 1.82) is 0 Å². The Morgan fingerprint density at radius 3 is 2.62 bits per heavy atom. The van der Waals surface area contributed by atoms with Crippen LogP contribution in [0.15, 0.2) is 0 Å². The number of rotatable bonds is 6. The molecule has 1 rings (SSSR count). The molecule has 1 saturated heterocycles. The molecule has 4 nitrogen and oxygen atoms in total. The van der Waals surface area contributed by atoms with Crippen LogP contribution in [0.4, 0.5) is 0 Å². The molecule has 13 heavy (non-hydrogen) atoms. The van der Waals surface area contributed by atoms with E-state index in [4.69, 9.17) is 0 Å². The Morgan fingerprint density at radius 1 is 1.15 bits per heavy atom. The lowest BCUT2D eigenvalue weighted by Gasteiger charge is -2.25. The van der Waals surface area contributed by atoms with Crippen LogP contribution in [-0.4, -0.2) is 34.0 Å². The smallest absolute Gasteiger partial charge is 0.302 e. The number of hydrogen-bond donors (Lipinski definition) is 3. The van der Waals surface area contributed by atoms with Gasteiger partial charge >= 0.3 is 15.1 Å². The highest BCUT2D eigenvalue weighted by Gasteiger charge is 2.12. The molecule has 0 spiro atoms. The molecule has 1 aliphatic heterocycles. The van der Waals surface area contributed by atoms with Gasteiger partial charge in [-0.15, -0.1) is 0 Å². The average Bonchev–Trinajstić information content (AvgIpc) is 2.19. The van der Waals surface area contributed by atoms with Gasteiger partial charge in [-0.1, -0.05) is 26.2 Å². The second-order valence-electron chi connectivity index (χ2n) is 3.11. The summed E-state index contributed by atoms with van der Waals surface area (Å²) < 4.78 is 0. The maximum absolute atomic E-state index is 3.26. The van der Waals surface area contributed by atoms with Crippen LogP contribution in [0.25, 0.3) is 0 Å². The largest absolute Gasteiger partial charge is 0.378 e. The third-order valence-electron chi connectivity index (χ3n) is 1.92. The van der Waals surface area contributed by atoms with Crippen LogP contribution >= 0.6 is 0 Å². The zero-order valence-corrected chi connectivity index (χ0v) is 8.21. The Morgan fingerprint density at radius 2 is 1.92 bits per heavy atom. The van der Waals surface area contributed by atoms with Crippen molar-refractivity contribution in [3.8, 4) is 0 Å². The van der Waals surface area contributed by atoms with E-state index in [1.165, 1.54) is 25.7 Å². The maximum atomic E-state index is 3.26. The van der Waals surface area contributed by atoms with E-state index >= 15 is 0 Å². The van der Waals surface area contributed by atoms with Gasteiger partial charge in [0.2, 0.25) is 0 Å². The van der Waals surface area contributed by atoms with Gasteiger partial charge in [0.15, 0.2) is 0 Å². The monoisotopic (exact) mass is 177 g/mol. The van der Waals surface area contributed by atoms with Crippen molar-refractivity contribution in [2.45, 2.75) is 32.6 Å². The topological polar surface area (TPSA) is 39.3 Å². The lowest BCUT2D eigenvalue weighted by Crippen LogP contribution is -2.62. The molecule has 3 radical (unpaired) electrons. The molecule has 1 heterocycles. The molecule has 0 unspecified atom stereocenters. The molecular formula is C6H16B3N4. The third-order valence-corrected chi connectivity index (χ3v) is 1.92. The fourth-order valence-electron chi connectivity index (χ4n) is 1.17. The highest BCUT2D eigenvalue weighted by molar-refractivity contribution is 6.65. The Hall–Kier alpha value is 0.0348. The lowest BCUT2D eigenvalue weighted by atomic mass is 9.83. The second kappa shape index (κ2) is 7.44. The molecule has 1 fully saturated rings. The van der Waals surface area contributed by atoms with Crippen LogP contribution in [0, 0.1) is 0 Å². The van der Waals surface area contributed by atoms with Gasteiger partial charge in [-0.2, -0.15) is 0 Å². The molecule has 1 aliphatic rings. The van der Waals surface area contributed by atoms with Gasteiger partial charge in [0.1, 0.15) is 0 Å². The maximum Gasteiger partial charge on any atom is 0.302 e. The standard InChI is InChI=1S/C6H16B3N4/c1-2-3-4-5-6-10-13-8-11-7-12-9-13/h10-12H,2-6H2,1H3. The molecule has 0 amide bonds. The molecule has 0 aromatic heterocycles. The number of nitrogens with zero attached hydrogens (tertiary/aromatic N) is 1. The normalized spacial score (nSPS) is 17.3. The zero-order chi connectivity index (χ0) is 9.36. The fraction of sp³-hybridized carbons (Fsp3) is 1.00. The number of unbranched alkanes of at least 4 members (excludes halogenated alkanes) is 3. The summed E-state index contributed by atoms with van der Waals surface area (Å²) in [5, 5.41) is 5.92. The van der Waals surface area contributed by atoms with E-state index in [0.29, 0.717) is 0 Å². The van der Waals surface area contributed by atoms with Crippen LogP contribution in [0.3, 0.4) is 0 Å². The number of hydrazine groups is 1. The van der Waals surface area contributed by atoms with Crippen molar-refractivity contribution in [3.63, 3.8) is 0 Å². The van der Waals surface area contributed by atoms with E-state index in [-0.39, 0.29) is 0 Å². The zero-order valence-electron chi connectivity index (χ0n) is 8.21. The average molecular weight is 177 g/mol. The highest BCUT2D eigenvalue weighted by atomic mass is 15.5. The van der Waals surface area contributed by atoms with Gasteiger partial charge in [-0.25, -0.2) is 0 Å². The van der Waals surface area contributed by atoms with Crippen molar-refractivity contribution in [1.82, 2.24) is 20.5 Å². The van der Waals surface area contributed by atoms with Crippen LogP contribution in [0.5, 0.6) is 0 Å². The van der Waals surface area contributed by atoms with Crippen molar-refractivity contribution in [3.05, 3.63) is 0 Å². The van der Waals surface area contributed by atoms with Crippen molar-refractivity contribution >= 4 is 22.6 Å². The Labute approximate surface area is 83.0 Å². The van der Waals surface area contributed by atoms with Crippen LogP contribution < -0.4 is 15.7 Å². The van der Waals surface area contributed by atoms with E-state index < -0.39 is 0 Å². The molecular weight excluding hydrogens is 161 g/mol. The van der Waals surface area contributed by atoms with E-state index in [9.17, 15) is 0 Å². The number of nitrogens with one attached hydrogen (secondary N) is 3. The predicted octanol–water partition coefficient (Wildman–Crippen LogP) is -0.831. The third kappa shape index (κ3) is 5.36. The molecule has 0 aromatic rings. The Balaban J connectivity index is 1.86. The highest BCUT2D eigenvalue weighted by Crippen LogP contribution is 1.96. The first kappa shape index (κ1) is 11.1. The second-order valence-corrected chi connectivity index (χ2v) is 3.11. The summed E-state index contributed by atoms with van der Waals surface area (Å²) in [4.78, 5) is 1.89. The quantitative estimate of drug-likeness (QED) is 0.365. The first-order valence-electron chi connectivity index (χ1n) is 4.96. The fourth-order valence-corrected chi connectivity index (χ4v) is 1.17. The van der Waals surface area contributed by atoms with E-state index in [2.05, 4.69) is 22.6 Å². The van der Waals surface area contributed by atoms with Crippen molar-refractivity contribution in [2.75, 3.05) is 6.54 Å². The Bertz CT molecular complexity index is 120. The minimum absolute atomic E-state index is 1.02. The summed E-state index contributed by atoms with van der Waals surface area (Å²) in [6, 6.07) is 0. The molecule has 69 valence electrons. The molecule has 0 saturated carbocycles. The number of hydrogen-bond acceptors (Lipinski definition) is 4. The first-order valence-corrected chi connectivity index (χ1v) is 4.96. The van der Waals surface area contributed by atoms with Gasteiger partial charge in [-0.3, -0.25) is 5.43 Å². The van der Waals surface area contributed by atoms with E-state index in [1.54, 1.807) is 7.55 Å². The van der Waals surface area contributed by atoms with Crippen molar-refractivity contribution in [2.24, 2.45) is 0 Å². The summed E-state index contributed by atoms with van der Waals surface area (Å²) in [5.74, 6) is 0. The minimum Gasteiger partial charge on any atom is -0.378 e. The Kier molecular flexibility index (Phi) is 6.36. The van der Waals surface area contributed by atoms with Gasteiger partial charge in [0.25, 0.3) is 7.55 Å². The van der Waals surface area contributed by atoms with E-state index in [0.717, 1.165) is 6.54 Å². The molecule has 0 aromatic carbocycles. The van der Waals surface area contributed by atoms with Gasteiger partial charge in [0, 0.05) is 6.54 Å².